The van der Waals surface area contributed by atoms with Crippen molar-refractivity contribution in [2.24, 2.45) is 0 Å². The van der Waals surface area contributed by atoms with E-state index in [1.807, 2.05) is 6.08 Å². The molecule has 0 bridgehead atoms. The number of hydrogen-bond donors (Lipinski definition) is 0. The van der Waals surface area contributed by atoms with Gasteiger partial charge < -0.3 is 0 Å². The van der Waals surface area contributed by atoms with Crippen LogP contribution in [0.2, 0.25) is 0 Å². The highest BCUT2D eigenvalue weighted by Gasteiger charge is 2.17. The quantitative estimate of drug-likeness (QED) is 0.620. The number of fused-ring (bicyclic) bond motifs is 1. The van der Waals surface area contributed by atoms with Gasteiger partial charge in [0.2, 0.25) is 15.0 Å². The van der Waals surface area contributed by atoms with Crippen molar-refractivity contribution in [1.29, 1.82) is 0 Å². The topological polar surface area (TPSA) is 102 Å². The van der Waals surface area contributed by atoms with Crippen LogP contribution in [0.25, 0.3) is 21.8 Å². The van der Waals surface area contributed by atoms with Gasteiger partial charge in [-0.15, -0.1) is 0 Å². The number of benzene rings is 1. The Morgan fingerprint density at radius 2 is 1.79 bits per heavy atom. The number of allylic oxidation sites excluding steroid dienone is 2. The molecule has 3 aromatic rings. The minimum atomic E-state index is -3.26. The van der Waals surface area contributed by atoms with Gasteiger partial charge in [-0.3, -0.25) is 4.31 Å². The highest BCUT2D eigenvalue weighted by Crippen LogP contribution is 2.28. The highest BCUT2D eigenvalue weighted by atomic mass is 32.2. The molecule has 11 heteroatoms. The Morgan fingerprint density at radius 1 is 1.07 bits per heavy atom. The Balaban J connectivity index is 1.59. The van der Waals surface area contributed by atoms with Crippen LogP contribution in [0.15, 0.2) is 53.7 Å². The third-order valence-corrected chi connectivity index (χ3v) is 7.43. The van der Waals surface area contributed by atoms with Crippen molar-refractivity contribution in [2.45, 2.75) is 4.90 Å². The largest absolute Gasteiger partial charge is 0.274 e. The molecule has 3 heterocycles. The molecule has 0 N–H and O–H groups in total. The van der Waals surface area contributed by atoms with E-state index in [0.29, 0.717) is 10.7 Å². The maximum Gasteiger partial charge on any atom is 0.232 e. The van der Waals surface area contributed by atoms with Crippen molar-refractivity contribution >= 4 is 41.7 Å². The van der Waals surface area contributed by atoms with Crippen LogP contribution in [-0.2, 0) is 19.9 Å². The van der Waals surface area contributed by atoms with Gasteiger partial charge in [0.1, 0.15) is 5.01 Å². The second-order valence-corrected chi connectivity index (χ2v) is 11.3. The molecule has 0 atom stereocenters. The van der Waals surface area contributed by atoms with Crippen LogP contribution in [-0.4, -0.2) is 54.8 Å². The van der Waals surface area contributed by atoms with E-state index in [1.54, 1.807) is 41.1 Å². The van der Waals surface area contributed by atoms with E-state index in [1.165, 1.54) is 28.1 Å². The van der Waals surface area contributed by atoms with Gasteiger partial charge in [0, 0.05) is 23.6 Å². The van der Waals surface area contributed by atoms with Gasteiger partial charge in [0.05, 0.1) is 29.6 Å². The molecule has 4 rings (SSSR count). The van der Waals surface area contributed by atoms with Crippen molar-refractivity contribution in [1.82, 2.24) is 18.9 Å². The van der Waals surface area contributed by atoms with E-state index in [0.717, 1.165) is 22.4 Å². The molecule has 0 saturated carbocycles. The smallest absolute Gasteiger partial charge is 0.232 e. The van der Waals surface area contributed by atoms with Gasteiger partial charge in [0.25, 0.3) is 0 Å². The molecule has 28 heavy (non-hydrogen) atoms. The number of aromatic nitrogens is 3. The summed E-state index contributed by atoms with van der Waals surface area (Å²) >= 11 is 1.39. The lowest BCUT2D eigenvalue weighted by Crippen LogP contribution is -2.26. The van der Waals surface area contributed by atoms with E-state index in [4.69, 9.17) is 0 Å². The van der Waals surface area contributed by atoms with E-state index < -0.39 is 19.9 Å². The second kappa shape index (κ2) is 6.54. The third-order valence-electron chi connectivity index (χ3n) is 4.21. The Kier molecular flexibility index (Phi) is 4.40. The Morgan fingerprint density at radius 3 is 2.32 bits per heavy atom. The summed E-state index contributed by atoms with van der Waals surface area (Å²) in [5.74, 6) is 0. The molecular formula is C17H16N4O4S3. The predicted molar refractivity (Wildman–Crippen MR) is 108 cm³/mol. The molecular weight excluding hydrogens is 420 g/mol. The van der Waals surface area contributed by atoms with Gasteiger partial charge in [-0.05, 0) is 18.2 Å². The van der Waals surface area contributed by atoms with Gasteiger partial charge in [-0.2, -0.15) is 5.10 Å². The maximum atomic E-state index is 11.6. The van der Waals surface area contributed by atoms with Crippen LogP contribution < -0.4 is 0 Å². The summed E-state index contributed by atoms with van der Waals surface area (Å²) in [6.45, 7) is 0.268. The van der Waals surface area contributed by atoms with Crippen LogP contribution in [0.4, 0.5) is 0 Å². The minimum Gasteiger partial charge on any atom is -0.274 e. The summed E-state index contributed by atoms with van der Waals surface area (Å²) in [5, 5.41) is 5.26. The van der Waals surface area contributed by atoms with Crippen molar-refractivity contribution in [3.05, 3.63) is 53.8 Å². The lowest BCUT2D eigenvalue weighted by molar-refractivity contribution is 0.527. The minimum absolute atomic E-state index is 0.261. The van der Waals surface area contributed by atoms with Crippen LogP contribution in [0, 0.1) is 0 Å². The molecule has 0 fully saturated rings. The van der Waals surface area contributed by atoms with Crippen molar-refractivity contribution < 1.29 is 16.8 Å². The SMILES string of the molecule is CS(=O)(=O)c1ccc(-c2cn3nc(C4=CCN(S(C)(=O)=O)C=C4)sc3n2)cc1. The lowest BCUT2D eigenvalue weighted by atomic mass is 10.2. The molecule has 1 aliphatic rings. The number of hydrogen-bond acceptors (Lipinski definition) is 7. The fraction of sp³-hybridized carbons (Fsp3) is 0.176. The summed E-state index contributed by atoms with van der Waals surface area (Å²) in [6.07, 6.45) is 9.17. The van der Waals surface area contributed by atoms with Gasteiger partial charge in [-0.1, -0.05) is 29.5 Å². The van der Waals surface area contributed by atoms with E-state index >= 15 is 0 Å². The highest BCUT2D eigenvalue weighted by molar-refractivity contribution is 7.90. The van der Waals surface area contributed by atoms with Crippen molar-refractivity contribution in [3.8, 4) is 11.3 Å². The molecule has 0 radical (unpaired) electrons. The van der Waals surface area contributed by atoms with Crippen LogP contribution in [0.5, 0.6) is 0 Å². The van der Waals surface area contributed by atoms with Crippen molar-refractivity contribution in [3.63, 3.8) is 0 Å². The lowest BCUT2D eigenvalue weighted by Gasteiger charge is -2.19. The normalized spacial score (nSPS) is 15.2. The van der Waals surface area contributed by atoms with Crippen LogP contribution in [0.3, 0.4) is 0 Å². The first kappa shape index (κ1) is 18.8. The van der Waals surface area contributed by atoms with E-state index in [-0.39, 0.29) is 11.4 Å². The summed E-state index contributed by atoms with van der Waals surface area (Å²) in [7, 11) is -6.50. The molecule has 0 amide bonds. The zero-order valence-electron chi connectivity index (χ0n) is 15.0. The summed E-state index contributed by atoms with van der Waals surface area (Å²) in [6, 6.07) is 6.55. The van der Waals surface area contributed by atoms with E-state index in [9.17, 15) is 16.8 Å². The standard InChI is InChI=1S/C17H16N4O4S3/c1-27(22,23)14-5-3-12(4-6-14)15-11-21-17(18-15)26-16(19-21)13-7-9-20(10-8-13)28(2,24)25/h3-9,11H,10H2,1-2H3. The fourth-order valence-electron chi connectivity index (χ4n) is 2.71. The van der Waals surface area contributed by atoms with Gasteiger partial charge in [0.15, 0.2) is 9.84 Å². The molecule has 0 aliphatic carbocycles. The molecule has 0 spiro atoms. The number of sulfone groups is 1. The molecule has 1 aromatic carbocycles. The first-order valence-electron chi connectivity index (χ1n) is 8.13. The average molecular weight is 437 g/mol. The fourth-order valence-corrected chi connectivity index (χ4v) is 4.87. The molecule has 0 unspecified atom stereocenters. The molecule has 146 valence electrons. The number of rotatable bonds is 4. The first-order chi connectivity index (χ1) is 13.1. The summed E-state index contributed by atoms with van der Waals surface area (Å²) < 4.78 is 49.2. The van der Waals surface area contributed by atoms with Crippen LogP contribution >= 0.6 is 11.3 Å². The number of nitrogens with zero attached hydrogens (tertiary/aromatic N) is 4. The monoisotopic (exact) mass is 436 g/mol. The summed E-state index contributed by atoms with van der Waals surface area (Å²) in [4.78, 5) is 5.51. The number of imidazole rings is 1. The zero-order chi connectivity index (χ0) is 20.1. The van der Waals surface area contributed by atoms with Crippen LogP contribution in [0.1, 0.15) is 5.01 Å². The molecule has 8 nitrogen and oxygen atoms in total. The zero-order valence-corrected chi connectivity index (χ0v) is 17.4. The number of sulfonamides is 1. The van der Waals surface area contributed by atoms with Gasteiger partial charge in [-0.25, -0.2) is 26.3 Å². The van der Waals surface area contributed by atoms with Gasteiger partial charge >= 0.3 is 0 Å². The predicted octanol–water partition coefficient (Wildman–Crippen LogP) is 2.03. The molecule has 2 aromatic heterocycles. The summed E-state index contributed by atoms with van der Waals surface area (Å²) in [5.41, 5.74) is 2.34. The third kappa shape index (κ3) is 3.60. The Hall–Kier alpha value is -2.50. The first-order valence-corrected chi connectivity index (χ1v) is 12.7. The van der Waals surface area contributed by atoms with E-state index in [2.05, 4.69) is 10.1 Å². The average Bonchev–Trinajstić information content (AvgIpc) is 3.19. The van der Waals surface area contributed by atoms with Crippen molar-refractivity contribution in [2.75, 3.05) is 19.1 Å². The Bertz CT molecular complexity index is 1300. The second-order valence-electron chi connectivity index (χ2n) is 6.36. The maximum absolute atomic E-state index is 11.6. The Labute approximate surface area is 166 Å². The molecule has 0 saturated heterocycles. The molecule has 1 aliphatic heterocycles.